The van der Waals surface area contributed by atoms with Crippen molar-refractivity contribution in [3.05, 3.63) is 57.4 Å². The van der Waals surface area contributed by atoms with Gasteiger partial charge in [0.1, 0.15) is 5.65 Å². The molecule has 0 radical (unpaired) electrons. The summed E-state index contributed by atoms with van der Waals surface area (Å²) in [6.07, 6.45) is 3.71. The minimum atomic E-state index is -0.653. The predicted octanol–water partition coefficient (Wildman–Crippen LogP) is 2.55. The van der Waals surface area contributed by atoms with Gasteiger partial charge in [-0.25, -0.2) is 4.98 Å². The van der Waals surface area contributed by atoms with E-state index in [9.17, 15) is 9.59 Å². The molecule has 3 N–H and O–H groups in total. The Morgan fingerprint density at radius 3 is 2.82 bits per heavy atom. The smallest absolute Gasteiger partial charge is 0.255 e. The van der Waals surface area contributed by atoms with Gasteiger partial charge in [0, 0.05) is 22.4 Å². The SMILES string of the molecule is COc1cc(C(=O)NCc2cn3cc(Br)ccc3n2)cc(Cl)c1OCC(N)=O. The van der Waals surface area contributed by atoms with E-state index in [1.165, 1.54) is 19.2 Å². The number of nitrogens with zero attached hydrogens (tertiary/aromatic N) is 2. The van der Waals surface area contributed by atoms with Gasteiger partial charge < -0.3 is 24.9 Å². The van der Waals surface area contributed by atoms with Crippen LogP contribution in [0, 0.1) is 0 Å². The number of halogens is 2. The largest absolute Gasteiger partial charge is 0.493 e. The van der Waals surface area contributed by atoms with Crippen LogP contribution >= 0.6 is 27.5 Å². The van der Waals surface area contributed by atoms with E-state index in [1.807, 2.05) is 28.9 Å². The number of hydrogen-bond acceptors (Lipinski definition) is 5. The number of hydrogen-bond donors (Lipinski definition) is 2. The molecule has 0 aliphatic rings. The highest BCUT2D eigenvalue weighted by Crippen LogP contribution is 2.36. The van der Waals surface area contributed by atoms with Gasteiger partial charge in [-0.15, -0.1) is 0 Å². The van der Waals surface area contributed by atoms with Crippen molar-refractivity contribution >= 4 is 45.0 Å². The van der Waals surface area contributed by atoms with Crippen molar-refractivity contribution in [2.45, 2.75) is 6.54 Å². The summed E-state index contributed by atoms with van der Waals surface area (Å²) in [7, 11) is 1.40. The molecule has 0 aliphatic heterocycles. The first kappa shape index (κ1) is 20.0. The molecule has 2 aromatic heterocycles. The number of pyridine rings is 1. The van der Waals surface area contributed by atoms with E-state index >= 15 is 0 Å². The molecule has 146 valence electrons. The molecule has 1 aromatic carbocycles. The van der Waals surface area contributed by atoms with Crippen LogP contribution < -0.4 is 20.5 Å². The van der Waals surface area contributed by atoms with Gasteiger partial charge in [-0.05, 0) is 40.2 Å². The number of nitrogens with one attached hydrogen (secondary N) is 1. The van der Waals surface area contributed by atoms with E-state index in [4.69, 9.17) is 26.8 Å². The Labute approximate surface area is 173 Å². The average Bonchev–Trinajstić information content (AvgIpc) is 3.06. The molecule has 0 aliphatic carbocycles. The number of primary amides is 1. The fourth-order valence-electron chi connectivity index (χ4n) is 2.51. The number of imidazole rings is 1. The number of rotatable bonds is 7. The molecule has 3 rings (SSSR count). The zero-order valence-electron chi connectivity index (χ0n) is 14.7. The summed E-state index contributed by atoms with van der Waals surface area (Å²) in [5.74, 6) is -0.652. The molecule has 0 fully saturated rings. The van der Waals surface area contributed by atoms with E-state index < -0.39 is 5.91 Å². The summed E-state index contributed by atoms with van der Waals surface area (Å²) in [5.41, 5.74) is 6.82. The molecule has 0 saturated heterocycles. The minimum Gasteiger partial charge on any atom is -0.493 e. The van der Waals surface area contributed by atoms with Crippen molar-refractivity contribution in [2.75, 3.05) is 13.7 Å². The molecule has 3 aromatic rings. The molecule has 0 atom stereocenters. The summed E-state index contributed by atoms with van der Waals surface area (Å²) < 4.78 is 13.2. The molecule has 0 unspecified atom stereocenters. The monoisotopic (exact) mass is 466 g/mol. The topological polar surface area (TPSA) is 108 Å². The summed E-state index contributed by atoms with van der Waals surface area (Å²) >= 11 is 9.57. The molecule has 0 bridgehead atoms. The van der Waals surface area contributed by atoms with Crippen LogP contribution in [0.5, 0.6) is 11.5 Å². The van der Waals surface area contributed by atoms with Crippen LogP contribution in [-0.4, -0.2) is 34.9 Å². The molecule has 28 heavy (non-hydrogen) atoms. The van der Waals surface area contributed by atoms with Crippen molar-refractivity contribution in [1.29, 1.82) is 0 Å². The van der Waals surface area contributed by atoms with Crippen molar-refractivity contribution in [1.82, 2.24) is 14.7 Å². The first-order chi connectivity index (χ1) is 13.4. The second kappa shape index (κ2) is 8.49. The average molecular weight is 468 g/mol. The highest BCUT2D eigenvalue weighted by atomic mass is 79.9. The number of aromatic nitrogens is 2. The third-order valence-electron chi connectivity index (χ3n) is 3.75. The van der Waals surface area contributed by atoms with Crippen molar-refractivity contribution in [3.8, 4) is 11.5 Å². The molecular weight excluding hydrogens is 452 g/mol. The second-order valence-electron chi connectivity index (χ2n) is 5.77. The maximum atomic E-state index is 12.5. The van der Waals surface area contributed by atoms with E-state index in [1.54, 1.807) is 0 Å². The number of carbonyl (C=O) groups excluding carboxylic acids is 2. The summed E-state index contributed by atoms with van der Waals surface area (Å²) in [4.78, 5) is 27.8. The van der Waals surface area contributed by atoms with Crippen LogP contribution in [0.1, 0.15) is 16.1 Å². The normalized spacial score (nSPS) is 10.7. The maximum absolute atomic E-state index is 12.5. The number of fused-ring (bicyclic) bond motifs is 1. The standard InChI is InChI=1S/C18H16BrClN4O4/c1-27-14-5-10(4-13(20)17(14)28-9-15(21)25)18(26)22-6-12-8-24-7-11(19)2-3-16(24)23-12/h2-5,7-8H,6,9H2,1H3,(H2,21,25)(H,22,26). The van der Waals surface area contributed by atoms with E-state index in [2.05, 4.69) is 26.2 Å². The van der Waals surface area contributed by atoms with Gasteiger partial charge in [0.25, 0.3) is 11.8 Å². The van der Waals surface area contributed by atoms with Crippen LogP contribution in [-0.2, 0) is 11.3 Å². The molecule has 0 saturated carbocycles. The van der Waals surface area contributed by atoms with Gasteiger partial charge in [0.2, 0.25) is 0 Å². The number of carbonyl (C=O) groups is 2. The van der Waals surface area contributed by atoms with Crippen molar-refractivity contribution < 1.29 is 19.1 Å². The van der Waals surface area contributed by atoms with E-state index in [-0.39, 0.29) is 41.1 Å². The Kier molecular flexibility index (Phi) is 6.05. The van der Waals surface area contributed by atoms with Gasteiger partial charge in [0.05, 0.1) is 24.4 Å². The molecule has 8 nitrogen and oxygen atoms in total. The highest BCUT2D eigenvalue weighted by molar-refractivity contribution is 9.10. The lowest BCUT2D eigenvalue weighted by Crippen LogP contribution is -2.23. The third-order valence-corrected chi connectivity index (χ3v) is 4.50. The van der Waals surface area contributed by atoms with Gasteiger partial charge in [-0.3, -0.25) is 9.59 Å². The number of ether oxygens (including phenoxy) is 2. The van der Waals surface area contributed by atoms with Gasteiger partial charge >= 0.3 is 0 Å². The zero-order chi connectivity index (χ0) is 20.3. The molecule has 10 heteroatoms. The van der Waals surface area contributed by atoms with Crippen LogP contribution in [0.2, 0.25) is 5.02 Å². The number of methoxy groups -OCH3 is 1. The quantitative estimate of drug-likeness (QED) is 0.555. The van der Waals surface area contributed by atoms with Crippen LogP contribution in [0.25, 0.3) is 5.65 Å². The maximum Gasteiger partial charge on any atom is 0.255 e. The number of nitrogens with two attached hydrogens (primary N) is 1. The number of amides is 2. The Hall–Kier alpha value is -2.78. The molecule has 2 heterocycles. The Morgan fingerprint density at radius 1 is 1.32 bits per heavy atom. The van der Waals surface area contributed by atoms with E-state index in [0.29, 0.717) is 5.69 Å². The molecule has 0 spiro atoms. The lowest BCUT2D eigenvalue weighted by molar-refractivity contribution is -0.119. The fourth-order valence-corrected chi connectivity index (χ4v) is 3.13. The zero-order valence-corrected chi connectivity index (χ0v) is 17.1. The van der Waals surface area contributed by atoms with Crippen LogP contribution in [0.3, 0.4) is 0 Å². The first-order valence-electron chi connectivity index (χ1n) is 8.07. The van der Waals surface area contributed by atoms with Crippen molar-refractivity contribution in [2.24, 2.45) is 5.73 Å². The van der Waals surface area contributed by atoms with Crippen molar-refractivity contribution in [3.63, 3.8) is 0 Å². The lowest BCUT2D eigenvalue weighted by atomic mass is 10.2. The fraction of sp³-hybridized carbons (Fsp3) is 0.167. The first-order valence-corrected chi connectivity index (χ1v) is 9.24. The third kappa shape index (κ3) is 4.55. The molecular formula is C18H16BrClN4O4. The lowest BCUT2D eigenvalue weighted by Gasteiger charge is -2.13. The minimum absolute atomic E-state index is 0.128. The number of benzene rings is 1. The van der Waals surface area contributed by atoms with E-state index in [0.717, 1.165) is 10.1 Å². The van der Waals surface area contributed by atoms with Crippen LogP contribution in [0.4, 0.5) is 0 Å². The Bertz CT molecular complexity index is 1050. The summed E-state index contributed by atoms with van der Waals surface area (Å²) in [5, 5.41) is 2.91. The Morgan fingerprint density at radius 2 is 2.11 bits per heavy atom. The predicted molar refractivity (Wildman–Crippen MR) is 107 cm³/mol. The van der Waals surface area contributed by atoms with Gasteiger partial charge in [-0.2, -0.15) is 0 Å². The Balaban J connectivity index is 1.74. The van der Waals surface area contributed by atoms with Gasteiger partial charge in [0.15, 0.2) is 18.1 Å². The summed E-state index contributed by atoms with van der Waals surface area (Å²) in [6, 6.07) is 6.65. The molecule has 2 amide bonds. The van der Waals surface area contributed by atoms with Crippen LogP contribution in [0.15, 0.2) is 41.1 Å². The van der Waals surface area contributed by atoms with Gasteiger partial charge in [-0.1, -0.05) is 11.6 Å². The highest BCUT2D eigenvalue weighted by Gasteiger charge is 2.17. The second-order valence-corrected chi connectivity index (χ2v) is 7.10. The summed E-state index contributed by atoms with van der Waals surface area (Å²) in [6.45, 7) is -0.121.